The van der Waals surface area contributed by atoms with E-state index in [2.05, 4.69) is 24.4 Å². The van der Waals surface area contributed by atoms with Gasteiger partial charge in [-0.25, -0.2) is 0 Å². The lowest BCUT2D eigenvalue weighted by Crippen LogP contribution is -2.31. The van der Waals surface area contributed by atoms with E-state index in [9.17, 15) is 0 Å². The highest BCUT2D eigenvalue weighted by Crippen LogP contribution is 2.21. The van der Waals surface area contributed by atoms with Crippen LogP contribution in [0.2, 0.25) is 0 Å². The fourth-order valence-electron chi connectivity index (χ4n) is 2.72. The molecule has 0 radical (unpaired) electrons. The SMILES string of the molecule is CC(NC1CCCCCC1)c1cccc(N)c1. The fourth-order valence-corrected chi connectivity index (χ4v) is 2.72. The lowest BCUT2D eigenvalue weighted by molar-refractivity contribution is 0.414. The van der Waals surface area contributed by atoms with Gasteiger partial charge in [0.25, 0.3) is 0 Å². The molecule has 1 atom stereocenters. The molecule has 1 unspecified atom stereocenters. The average Bonchev–Trinajstić information content (AvgIpc) is 2.57. The Morgan fingerprint density at radius 2 is 1.88 bits per heavy atom. The third-order valence-corrected chi connectivity index (χ3v) is 3.75. The van der Waals surface area contributed by atoms with Gasteiger partial charge < -0.3 is 11.1 Å². The van der Waals surface area contributed by atoms with Crippen LogP contribution in [-0.4, -0.2) is 6.04 Å². The molecule has 1 fully saturated rings. The Morgan fingerprint density at radius 3 is 2.53 bits per heavy atom. The molecule has 2 heteroatoms. The number of hydrogen-bond acceptors (Lipinski definition) is 2. The molecule has 0 saturated heterocycles. The van der Waals surface area contributed by atoms with Gasteiger partial charge in [0.15, 0.2) is 0 Å². The summed E-state index contributed by atoms with van der Waals surface area (Å²) in [7, 11) is 0. The van der Waals surface area contributed by atoms with Crippen molar-refractivity contribution in [2.45, 2.75) is 57.5 Å². The van der Waals surface area contributed by atoms with Gasteiger partial charge in [-0.05, 0) is 37.5 Å². The van der Waals surface area contributed by atoms with Gasteiger partial charge >= 0.3 is 0 Å². The lowest BCUT2D eigenvalue weighted by atomic mass is 10.0. The Hall–Kier alpha value is -1.02. The summed E-state index contributed by atoms with van der Waals surface area (Å²) < 4.78 is 0. The summed E-state index contributed by atoms with van der Waals surface area (Å²) in [6.45, 7) is 2.24. The van der Waals surface area contributed by atoms with Crippen LogP contribution in [0.3, 0.4) is 0 Å². The molecule has 0 aromatic heterocycles. The highest BCUT2D eigenvalue weighted by molar-refractivity contribution is 5.41. The molecule has 3 N–H and O–H groups in total. The first kappa shape index (κ1) is 12.4. The van der Waals surface area contributed by atoms with Crippen molar-refractivity contribution in [2.75, 3.05) is 5.73 Å². The topological polar surface area (TPSA) is 38.0 Å². The normalized spacial score (nSPS) is 19.8. The van der Waals surface area contributed by atoms with Crippen LogP contribution in [0, 0.1) is 0 Å². The van der Waals surface area contributed by atoms with Gasteiger partial charge in [-0.1, -0.05) is 37.8 Å². The number of benzene rings is 1. The Bertz CT molecular complexity index is 341. The van der Waals surface area contributed by atoms with E-state index in [0.717, 1.165) is 5.69 Å². The second-order valence-corrected chi connectivity index (χ2v) is 5.25. The summed E-state index contributed by atoms with van der Waals surface area (Å²) in [5.41, 5.74) is 7.99. The summed E-state index contributed by atoms with van der Waals surface area (Å²) in [4.78, 5) is 0. The highest BCUT2D eigenvalue weighted by Gasteiger charge is 2.15. The zero-order chi connectivity index (χ0) is 12.1. The predicted octanol–water partition coefficient (Wildman–Crippen LogP) is 3.64. The maximum absolute atomic E-state index is 5.83. The zero-order valence-electron chi connectivity index (χ0n) is 10.8. The third-order valence-electron chi connectivity index (χ3n) is 3.75. The number of rotatable bonds is 3. The van der Waals surface area contributed by atoms with Gasteiger partial charge in [0, 0.05) is 17.8 Å². The minimum Gasteiger partial charge on any atom is -0.399 e. The Kier molecular flexibility index (Phi) is 4.43. The molecule has 1 aliphatic carbocycles. The van der Waals surface area contributed by atoms with Crippen LogP contribution in [0.1, 0.15) is 57.1 Å². The molecular formula is C15H24N2. The summed E-state index contributed by atoms with van der Waals surface area (Å²) in [5.74, 6) is 0. The van der Waals surface area contributed by atoms with E-state index in [1.165, 1.54) is 44.1 Å². The number of nitrogens with one attached hydrogen (secondary N) is 1. The van der Waals surface area contributed by atoms with Gasteiger partial charge in [0.1, 0.15) is 0 Å². The summed E-state index contributed by atoms with van der Waals surface area (Å²) in [5, 5.41) is 3.75. The predicted molar refractivity (Wildman–Crippen MR) is 73.9 cm³/mol. The Labute approximate surface area is 105 Å². The van der Waals surface area contributed by atoms with Crippen molar-refractivity contribution in [1.29, 1.82) is 0 Å². The van der Waals surface area contributed by atoms with E-state index >= 15 is 0 Å². The second-order valence-electron chi connectivity index (χ2n) is 5.25. The van der Waals surface area contributed by atoms with E-state index < -0.39 is 0 Å². The molecule has 17 heavy (non-hydrogen) atoms. The molecule has 1 aromatic rings. The molecule has 0 bridgehead atoms. The quantitative estimate of drug-likeness (QED) is 0.617. The van der Waals surface area contributed by atoms with E-state index in [1.807, 2.05) is 12.1 Å². The van der Waals surface area contributed by atoms with E-state index in [1.54, 1.807) is 0 Å². The van der Waals surface area contributed by atoms with Crippen LogP contribution in [0.25, 0.3) is 0 Å². The average molecular weight is 232 g/mol. The standard InChI is InChI=1S/C15H24N2/c1-12(13-7-6-8-14(16)11-13)17-15-9-4-2-3-5-10-15/h6-8,11-12,15,17H,2-5,9-10,16H2,1H3. The van der Waals surface area contributed by atoms with E-state index in [0.29, 0.717) is 12.1 Å². The van der Waals surface area contributed by atoms with E-state index in [-0.39, 0.29) is 0 Å². The maximum atomic E-state index is 5.83. The zero-order valence-corrected chi connectivity index (χ0v) is 10.8. The Morgan fingerprint density at radius 1 is 1.18 bits per heavy atom. The van der Waals surface area contributed by atoms with Crippen LogP contribution in [-0.2, 0) is 0 Å². The van der Waals surface area contributed by atoms with Crippen molar-refractivity contribution < 1.29 is 0 Å². The number of nitrogens with two attached hydrogens (primary N) is 1. The molecule has 0 aliphatic heterocycles. The minimum absolute atomic E-state index is 0.404. The van der Waals surface area contributed by atoms with Gasteiger partial charge in [0.05, 0.1) is 0 Å². The smallest absolute Gasteiger partial charge is 0.0317 e. The van der Waals surface area contributed by atoms with Gasteiger partial charge in [-0.3, -0.25) is 0 Å². The highest BCUT2D eigenvalue weighted by atomic mass is 14.9. The Balaban J connectivity index is 1.93. The lowest BCUT2D eigenvalue weighted by Gasteiger charge is -2.22. The molecule has 2 rings (SSSR count). The number of hydrogen-bond donors (Lipinski definition) is 2. The molecule has 2 nitrogen and oxygen atoms in total. The molecule has 1 aliphatic rings. The number of anilines is 1. The second kappa shape index (κ2) is 6.06. The minimum atomic E-state index is 0.404. The van der Waals surface area contributed by atoms with Crippen molar-refractivity contribution in [3.63, 3.8) is 0 Å². The molecule has 1 aromatic carbocycles. The molecule has 0 amide bonds. The monoisotopic (exact) mass is 232 g/mol. The van der Waals surface area contributed by atoms with E-state index in [4.69, 9.17) is 5.73 Å². The third kappa shape index (κ3) is 3.74. The summed E-state index contributed by atoms with van der Waals surface area (Å²) in [6.07, 6.45) is 8.22. The fraction of sp³-hybridized carbons (Fsp3) is 0.600. The maximum Gasteiger partial charge on any atom is 0.0317 e. The van der Waals surface area contributed by atoms with Crippen LogP contribution in [0.5, 0.6) is 0 Å². The molecule has 0 spiro atoms. The number of nitrogen functional groups attached to an aromatic ring is 1. The molecular weight excluding hydrogens is 208 g/mol. The van der Waals surface area contributed by atoms with Gasteiger partial charge in [0.2, 0.25) is 0 Å². The largest absolute Gasteiger partial charge is 0.399 e. The van der Waals surface area contributed by atoms with Crippen molar-refractivity contribution in [2.24, 2.45) is 0 Å². The first-order valence-electron chi connectivity index (χ1n) is 6.87. The van der Waals surface area contributed by atoms with Crippen molar-refractivity contribution in [3.05, 3.63) is 29.8 Å². The van der Waals surface area contributed by atoms with Crippen LogP contribution < -0.4 is 11.1 Å². The first-order chi connectivity index (χ1) is 8.25. The van der Waals surface area contributed by atoms with Crippen LogP contribution in [0.15, 0.2) is 24.3 Å². The van der Waals surface area contributed by atoms with Crippen LogP contribution >= 0.6 is 0 Å². The van der Waals surface area contributed by atoms with Crippen molar-refractivity contribution >= 4 is 5.69 Å². The van der Waals surface area contributed by atoms with Crippen molar-refractivity contribution in [1.82, 2.24) is 5.32 Å². The van der Waals surface area contributed by atoms with Gasteiger partial charge in [-0.15, -0.1) is 0 Å². The summed E-state index contributed by atoms with van der Waals surface area (Å²) in [6, 6.07) is 9.31. The molecule has 94 valence electrons. The molecule has 1 saturated carbocycles. The first-order valence-corrected chi connectivity index (χ1v) is 6.87. The van der Waals surface area contributed by atoms with Gasteiger partial charge in [-0.2, -0.15) is 0 Å². The molecule has 0 heterocycles. The van der Waals surface area contributed by atoms with Crippen molar-refractivity contribution in [3.8, 4) is 0 Å². The van der Waals surface area contributed by atoms with Crippen LogP contribution in [0.4, 0.5) is 5.69 Å². The summed E-state index contributed by atoms with van der Waals surface area (Å²) >= 11 is 0.